The fourth-order valence-corrected chi connectivity index (χ4v) is 2.54. The fourth-order valence-electron chi connectivity index (χ4n) is 2.54. The van der Waals surface area contributed by atoms with Crippen molar-refractivity contribution in [3.05, 3.63) is 59.7 Å². The van der Waals surface area contributed by atoms with Crippen LogP contribution in [0, 0.1) is 13.8 Å². The van der Waals surface area contributed by atoms with Crippen LogP contribution in [-0.4, -0.2) is 29.5 Å². The molecule has 154 valence electrons. The van der Waals surface area contributed by atoms with Crippen LogP contribution < -0.4 is 0 Å². The van der Waals surface area contributed by atoms with Gasteiger partial charge in [0.1, 0.15) is 5.82 Å². The van der Waals surface area contributed by atoms with Crippen LogP contribution in [0.4, 0.5) is 0 Å². The molecule has 0 aromatic carbocycles. The molecule has 6 nitrogen and oxygen atoms in total. The Morgan fingerprint density at radius 3 is 1.71 bits per heavy atom. The van der Waals surface area contributed by atoms with Gasteiger partial charge in [-0.1, -0.05) is 27.7 Å². The Bertz CT molecular complexity index is 800. The fraction of sp³-hybridized carbons (Fsp3) is 0.545. The molecule has 0 aliphatic carbocycles. The molecular weight excluding hydrogens is 348 g/mol. The molecule has 0 saturated carbocycles. The van der Waals surface area contributed by atoms with E-state index in [9.17, 15) is 0 Å². The highest BCUT2D eigenvalue weighted by atomic mass is 15.2. The first-order chi connectivity index (χ1) is 13.1. The van der Waals surface area contributed by atoms with Gasteiger partial charge in [-0.2, -0.15) is 15.3 Å². The monoisotopic (exact) mass is 384 g/mol. The Balaban J connectivity index is 0.000000210. The van der Waals surface area contributed by atoms with Gasteiger partial charge in [0, 0.05) is 31.7 Å². The molecule has 0 amide bonds. The van der Waals surface area contributed by atoms with Crippen molar-refractivity contribution in [2.45, 2.75) is 73.3 Å². The number of nitrogens with zero attached hydrogens (tertiary/aromatic N) is 6. The number of aromatic nitrogens is 6. The second-order valence-electron chi connectivity index (χ2n) is 7.86. The molecule has 0 N–H and O–H groups in total. The van der Waals surface area contributed by atoms with Crippen molar-refractivity contribution in [1.82, 2.24) is 29.5 Å². The zero-order valence-electron chi connectivity index (χ0n) is 18.9. The van der Waals surface area contributed by atoms with E-state index in [1.165, 1.54) is 11.1 Å². The summed E-state index contributed by atoms with van der Waals surface area (Å²) in [6.07, 6.45) is 9.55. The van der Waals surface area contributed by atoms with E-state index in [-0.39, 0.29) is 0 Å². The van der Waals surface area contributed by atoms with Gasteiger partial charge in [0.25, 0.3) is 0 Å². The normalized spacial score (nSPS) is 10.6. The van der Waals surface area contributed by atoms with Gasteiger partial charge in [-0.3, -0.25) is 4.68 Å². The molecule has 28 heavy (non-hydrogen) atoms. The summed E-state index contributed by atoms with van der Waals surface area (Å²) in [4.78, 5) is 4.30. The van der Waals surface area contributed by atoms with E-state index >= 15 is 0 Å². The average molecular weight is 385 g/mol. The Kier molecular flexibility index (Phi) is 9.56. The predicted molar refractivity (Wildman–Crippen MR) is 116 cm³/mol. The van der Waals surface area contributed by atoms with E-state index in [0.29, 0.717) is 17.9 Å². The lowest BCUT2D eigenvalue weighted by Gasteiger charge is -2.07. The standard InChI is InChI=1S/C8H14N2.C7H12N2.C7H10N2/c1-6(2)10-5-7(3)9-8(10)4;1-6(2)7-4-8-9(3)5-7;1-6(2)7-3-4-8-9-5-7/h5-6H,1-4H3;4-6H,1-3H3;3-6H,1-2H3. The topological polar surface area (TPSA) is 61.4 Å². The molecule has 0 unspecified atom stereocenters. The second kappa shape index (κ2) is 11.4. The Labute approximate surface area is 170 Å². The highest BCUT2D eigenvalue weighted by Gasteiger charge is 2.02. The summed E-state index contributed by atoms with van der Waals surface area (Å²) in [6, 6.07) is 2.51. The van der Waals surface area contributed by atoms with E-state index in [1.54, 1.807) is 12.4 Å². The van der Waals surface area contributed by atoms with Crippen LogP contribution in [0.3, 0.4) is 0 Å². The molecule has 0 aliphatic rings. The minimum Gasteiger partial charge on any atom is -0.332 e. The quantitative estimate of drug-likeness (QED) is 0.621. The average Bonchev–Trinajstić information content (AvgIpc) is 3.22. The van der Waals surface area contributed by atoms with Gasteiger partial charge in [0.2, 0.25) is 0 Å². The third kappa shape index (κ3) is 8.03. The maximum Gasteiger partial charge on any atom is 0.106 e. The minimum absolute atomic E-state index is 0.529. The van der Waals surface area contributed by atoms with Crippen LogP contribution in [-0.2, 0) is 7.05 Å². The molecule has 3 heterocycles. The van der Waals surface area contributed by atoms with Crippen molar-refractivity contribution in [3.63, 3.8) is 0 Å². The van der Waals surface area contributed by atoms with Crippen LogP contribution >= 0.6 is 0 Å². The van der Waals surface area contributed by atoms with Gasteiger partial charge >= 0.3 is 0 Å². The predicted octanol–water partition coefficient (Wildman–Crippen LogP) is 5.22. The molecule has 0 radical (unpaired) electrons. The summed E-state index contributed by atoms with van der Waals surface area (Å²) in [7, 11) is 1.94. The van der Waals surface area contributed by atoms with E-state index in [1.807, 2.05) is 44.0 Å². The molecule has 3 rings (SSSR count). The molecule has 3 aromatic heterocycles. The minimum atomic E-state index is 0.529. The number of rotatable bonds is 3. The van der Waals surface area contributed by atoms with E-state index in [0.717, 1.165) is 11.5 Å². The van der Waals surface area contributed by atoms with Crippen LogP contribution in [0.2, 0.25) is 0 Å². The summed E-state index contributed by atoms with van der Waals surface area (Å²) >= 11 is 0. The molecule has 0 saturated heterocycles. The molecule has 0 atom stereocenters. The Morgan fingerprint density at radius 1 is 0.821 bits per heavy atom. The number of aryl methyl sites for hydroxylation is 3. The molecule has 0 fully saturated rings. The van der Waals surface area contributed by atoms with Crippen LogP contribution in [0.25, 0.3) is 0 Å². The van der Waals surface area contributed by atoms with E-state index in [4.69, 9.17) is 0 Å². The van der Waals surface area contributed by atoms with E-state index < -0.39 is 0 Å². The third-order valence-electron chi connectivity index (χ3n) is 4.26. The summed E-state index contributed by atoms with van der Waals surface area (Å²) in [6.45, 7) is 17.0. The smallest absolute Gasteiger partial charge is 0.106 e. The number of hydrogen-bond acceptors (Lipinski definition) is 4. The van der Waals surface area contributed by atoms with Crippen LogP contribution in [0.15, 0.2) is 37.1 Å². The maximum atomic E-state index is 4.30. The summed E-state index contributed by atoms with van der Waals surface area (Å²) in [5.41, 5.74) is 3.65. The summed E-state index contributed by atoms with van der Waals surface area (Å²) in [5.74, 6) is 2.26. The first-order valence-electron chi connectivity index (χ1n) is 9.89. The highest BCUT2D eigenvalue weighted by molar-refractivity contribution is 5.09. The summed E-state index contributed by atoms with van der Waals surface area (Å²) < 4.78 is 4.00. The van der Waals surface area contributed by atoms with Crippen molar-refractivity contribution in [1.29, 1.82) is 0 Å². The Morgan fingerprint density at radius 2 is 1.46 bits per heavy atom. The van der Waals surface area contributed by atoms with Crippen molar-refractivity contribution < 1.29 is 0 Å². The first-order valence-corrected chi connectivity index (χ1v) is 9.89. The van der Waals surface area contributed by atoms with Crippen molar-refractivity contribution in [2.75, 3.05) is 0 Å². The number of imidazole rings is 1. The van der Waals surface area contributed by atoms with Crippen LogP contribution in [0.1, 0.15) is 82.1 Å². The SMILES string of the molecule is CC(C)c1ccnnc1.CC(C)c1cnn(C)c1.Cc1cn(C(C)C)c(C)n1. The van der Waals surface area contributed by atoms with Gasteiger partial charge in [-0.05, 0) is 56.7 Å². The highest BCUT2D eigenvalue weighted by Crippen LogP contribution is 2.11. The number of hydrogen-bond donors (Lipinski definition) is 0. The molecule has 0 bridgehead atoms. The lowest BCUT2D eigenvalue weighted by molar-refractivity contribution is 0.582. The van der Waals surface area contributed by atoms with Gasteiger partial charge in [-0.15, -0.1) is 0 Å². The zero-order valence-corrected chi connectivity index (χ0v) is 18.9. The largest absolute Gasteiger partial charge is 0.332 e. The van der Waals surface area contributed by atoms with Crippen molar-refractivity contribution in [3.8, 4) is 0 Å². The first kappa shape index (κ1) is 23.5. The zero-order chi connectivity index (χ0) is 21.3. The molecule has 0 aliphatic heterocycles. The van der Waals surface area contributed by atoms with Crippen molar-refractivity contribution >= 4 is 0 Å². The third-order valence-corrected chi connectivity index (χ3v) is 4.26. The molecule has 6 heteroatoms. The molecule has 0 spiro atoms. The van der Waals surface area contributed by atoms with Gasteiger partial charge < -0.3 is 4.57 Å². The van der Waals surface area contributed by atoms with E-state index in [2.05, 4.69) is 72.6 Å². The molecule has 3 aromatic rings. The van der Waals surface area contributed by atoms with Crippen LogP contribution in [0.5, 0.6) is 0 Å². The van der Waals surface area contributed by atoms with Gasteiger partial charge in [0.15, 0.2) is 0 Å². The lowest BCUT2D eigenvalue weighted by Crippen LogP contribution is -2.00. The summed E-state index contributed by atoms with van der Waals surface area (Å²) in [5, 5.41) is 11.5. The molecular formula is C22H36N6. The maximum absolute atomic E-state index is 4.30. The van der Waals surface area contributed by atoms with Crippen molar-refractivity contribution in [2.24, 2.45) is 7.05 Å². The van der Waals surface area contributed by atoms with Gasteiger partial charge in [0.05, 0.1) is 18.1 Å². The Hall–Kier alpha value is -2.50. The second-order valence-corrected chi connectivity index (χ2v) is 7.86. The lowest BCUT2D eigenvalue weighted by atomic mass is 10.1. The van der Waals surface area contributed by atoms with Gasteiger partial charge in [-0.25, -0.2) is 4.98 Å².